The van der Waals surface area contributed by atoms with E-state index in [1.54, 1.807) is 0 Å². The maximum absolute atomic E-state index is 12.5. The molecular weight excluding hydrogens is 238 g/mol. The maximum Gasteiger partial charge on any atom is 0.225 e. The van der Waals surface area contributed by atoms with Gasteiger partial charge >= 0.3 is 0 Å². The van der Waals surface area contributed by atoms with Crippen molar-refractivity contribution in [3.63, 3.8) is 0 Å². The number of likely N-dealkylation sites (tertiary alicyclic amines) is 1. The molecule has 0 atom stereocenters. The summed E-state index contributed by atoms with van der Waals surface area (Å²) in [5, 5.41) is 12.4. The molecule has 1 saturated carbocycles. The SMILES string of the molecule is CNC1(C#N)CCC(C(=O)N2CCC(C)CC2)CC1. The zero-order valence-electron chi connectivity index (χ0n) is 12.1. The van der Waals surface area contributed by atoms with Crippen LogP contribution in [-0.4, -0.2) is 36.5 Å². The fourth-order valence-corrected chi connectivity index (χ4v) is 3.26. The highest BCUT2D eigenvalue weighted by atomic mass is 16.2. The number of piperidine rings is 1. The monoisotopic (exact) mass is 263 g/mol. The van der Waals surface area contributed by atoms with Crippen LogP contribution in [0.3, 0.4) is 0 Å². The number of rotatable bonds is 2. The van der Waals surface area contributed by atoms with Crippen LogP contribution in [0.25, 0.3) is 0 Å². The topological polar surface area (TPSA) is 56.1 Å². The van der Waals surface area contributed by atoms with Crippen LogP contribution >= 0.6 is 0 Å². The highest BCUT2D eigenvalue weighted by Crippen LogP contribution is 2.33. The number of amides is 1. The molecule has 1 saturated heterocycles. The van der Waals surface area contributed by atoms with Gasteiger partial charge in [0, 0.05) is 19.0 Å². The highest BCUT2D eigenvalue weighted by molar-refractivity contribution is 5.79. The summed E-state index contributed by atoms with van der Waals surface area (Å²) in [7, 11) is 1.84. The van der Waals surface area contributed by atoms with E-state index in [9.17, 15) is 10.1 Å². The van der Waals surface area contributed by atoms with Crippen LogP contribution in [0.15, 0.2) is 0 Å². The van der Waals surface area contributed by atoms with E-state index in [1.165, 1.54) is 0 Å². The zero-order valence-corrected chi connectivity index (χ0v) is 12.1. The molecule has 1 amide bonds. The molecule has 0 aromatic rings. The number of nitrogens with one attached hydrogen (secondary N) is 1. The fraction of sp³-hybridized carbons (Fsp3) is 0.867. The lowest BCUT2D eigenvalue weighted by Crippen LogP contribution is -2.48. The zero-order chi connectivity index (χ0) is 13.9. The van der Waals surface area contributed by atoms with Crippen molar-refractivity contribution in [2.75, 3.05) is 20.1 Å². The van der Waals surface area contributed by atoms with E-state index in [2.05, 4.69) is 18.3 Å². The molecule has 2 aliphatic rings. The molecule has 0 spiro atoms. The molecule has 19 heavy (non-hydrogen) atoms. The van der Waals surface area contributed by atoms with E-state index in [0.29, 0.717) is 5.91 Å². The number of carbonyl (C=O) groups is 1. The Bertz CT molecular complexity index is 358. The Morgan fingerprint density at radius 3 is 2.32 bits per heavy atom. The van der Waals surface area contributed by atoms with E-state index in [-0.39, 0.29) is 5.92 Å². The van der Waals surface area contributed by atoms with Gasteiger partial charge in [-0.15, -0.1) is 0 Å². The van der Waals surface area contributed by atoms with Crippen molar-refractivity contribution in [1.82, 2.24) is 10.2 Å². The molecule has 1 heterocycles. The number of nitriles is 1. The lowest BCUT2D eigenvalue weighted by molar-refractivity contribution is -0.138. The lowest BCUT2D eigenvalue weighted by atomic mass is 9.76. The van der Waals surface area contributed by atoms with Gasteiger partial charge in [-0.2, -0.15) is 5.26 Å². The van der Waals surface area contributed by atoms with Gasteiger partial charge in [0.25, 0.3) is 0 Å². The normalized spacial score (nSPS) is 32.9. The number of hydrogen-bond donors (Lipinski definition) is 1. The van der Waals surface area contributed by atoms with E-state index in [4.69, 9.17) is 0 Å². The largest absolute Gasteiger partial charge is 0.342 e. The lowest BCUT2D eigenvalue weighted by Gasteiger charge is -2.38. The van der Waals surface area contributed by atoms with Crippen molar-refractivity contribution in [2.45, 2.75) is 51.0 Å². The van der Waals surface area contributed by atoms with E-state index in [1.807, 2.05) is 11.9 Å². The van der Waals surface area contributed by atoms with Crippen LogP contribution in [0.4, 0.5) is 0 Å². The molecule has 2 rings (SSSR count). The minimum Gasteiger partial charge on any atom is -0.342 e. The molecule has 1 aliphatic heterocycles. The molecule has 2 fully saturated rings. The quantitative estimate of drug-likeness (QED) is 0.828. The first-order chi connectivity index (χ1) is 9.10. The molecule has 0 radical (unpaired) electrons. The molecule has 4 heteroatoms. The Balaban J connectivity index is 1.88. The highest BCUT2D eigenvalue weighted by Gasteiger charge is 2.38. The third-order valence-electron chi connectivity index (χ3n) is 4.98. The maximum atomic E-state index is 12.5. The first-order valence-corrected chi connectivity index (χ1v) is 7.49. The van der Waals surface area contributed by atoms with E-state index >= 15 is 0 Å². The van der Waals surface area contributed by atoms with E-state index in [0.717, 1.165) is 57.5 Å². The van der Waals surface area contributed by atoms with Crippen LogP contribution in [0.5, 0.6) is 0 Å². The summed E-state index contributed by atoms with van der Waals surface area (Å²) in [5.74, 6) is 1.23. The van der Waals surface area contributed by atoms with Crippen molar-refractivity contribution in [3.05, 3.63) is 0 Å². The molecular formula is C15H25N3O. The summed E-state index contributed by atoms with van der Waals surface area (Å²) < 4.78 is 0. The molecule has 4 nitrogen and oxygen atoms in total. The minimum absolute atomic E-state index is 0.142. The van der Waals surface area contributed by atoms with E-state index < -0.39 is 5.54 Å². The number of hydrogen-bond acceptors (Lipinski definition) is 3. The van der Waals surface area contributed by atoms with Gasteiger partial charge in [-0.05, 0) is 51.5 Å². The van der Waals surface area contributed by atoms with Gasteiger partial charge in [-0.1, -0.05) is 6.92 Å². The van der Waals surface area contributed by atoms with Crippen molar-refractivity contribution in [2.24, 2.45) is 11.8 Å². The fourth-order valence-electron chi connectivity index (χ4n) is 3.26. The average molecular weight is 263 g/mol. The number of nitrogens with zero attached hydrogens (tertiary/aromatic N) is 2. The summed E-state index contributed by atoms with van der Waals surface area (Å²) in [6, 6.07) is 2.38. The Morgan fingerprint density at radius 2 is 1.84 bits per heavy atom. The summed E-state index contributed by atoms with van der Waals surface area (Å²) in [6.45, 7) is 4.11. The van der Waals surface area contributed by atoms with Crippen molar-refractivity contribution < 1.29 is 4.79 Å². The smallest absolute Gasteiger partial charge is 0.225 e. The third-order valence-corrected chi connectivity index (χ3v) is 4.98. The van der Waals surface area contributed by atoms with Gasteiger partial charge < -0.3 is 10.2 Å². The molecule has 0 unspecified atom stereocenters. The van der Waals surface area contributed by atoms with Crippen LogP contribution < -0.4 is 5.32 Å². The molecule has 106 valence electrons. The second-order valence-corrected chi connectivity index (χ2v) is 6.23. The predicted molar refractivity (Wildman–Crippen MR) is 74.3 cm³/mol. The molecule has 0 aromatic carbocycles. The summed E-state index contributed by atoms with van der Waals surface area (Å²) in [5.41, 5.74) is -0.396. The van der Waals surface area contributed by atoms with Crippen molar-refractivity contribution >= 4 is 5.91 Å². The van der Waals surface area contributed by atoms with Gasteiger partial charge in [0.15, 0.2) is 0 Å². The predicted octanol–water partition coefficient (Wildman–Crippen LogP) is 1.92. The van der Waals surface area contributed by atoms with Gasteiger partial charge in [-0.3, -0.25) is 4.79 Å². The Hall–Kier alpha value is -1.08. The number of carbonyl (C=O) groups excluding carboxylic acids is 1. The summed E-state index contributed by atoms with van der Waals surface area (Å²) in [4.78, 5) is 14.5. The van der Waals surface area contributed by atoms with Crippen LogP contribution in [0, 0.1) is 23.2 Å². The molecule has 1 aliphatic carbocycles. The first kappa shape index (κ1) is 14.3. The second kappa shape index (κ2) is 5.92. The van der Waals surface area contributed by atoms with Crippen LogP contribution in [0.1, 0.15) is 45.4 Å². The molecule has 1 N–H and O–H groups in total. The van der Waals surface area contributed by atoms with Crippen LogP contribution in [-0.2, 0) is 4.79 Å². The minimum atomic E-state index is -0.396. The molecule has 0 bridgehead atoms. The Morgan fingerprint density at radius 1 is 1.26 bits per heavy atom. The van der Waals surface area contributed by atoms with Gasteiger partial charge in [0.05, 0.1) is 6.07 Å². The van der Waals surface area contributed by atoms with Gasteiger partial charge in [-0.25, -0.2) is 0 Å². The van der Waals surface area contributed by atoms with Crippen molar-refractivity contribution in [3.8, 4) is 6.07 Å². The second-order valence-electron chi connectivity index (χ2n) is 6.23. The van der Waals surface area contributed by atoms with Crippen LogP contribution in [0.2, 0.25) is 0 Å². The first-order valence-electron chi connectivity index (χ1n) is 7.49. The summed E-state index contributed by atoms with van der Waals surface area (Å²) >= 11 is 0. The summed E-state index contributed by atoms with van der Waals surface area (Å²) in [6.07, 6.45) is 5.55. The van der Waals surface area contributed by atoms with Gasteiger partial charge in [0.1, 0.15) is 5.54 Å². The van der Waals surface area contributed by atoms with Crippen molar-refractivity contribution in [1.29, 1.82) is 5.26 Å². The third kappa shape index (κ3) is 3.09. The Kier molecular flexibility index (Phi) is 4.46. The molecule has 0 aromatic heterocycles. The standard InChI is InChI=1S/C15H25N3O/c1-12-5-9-18(10-6-12)14(19)13-3-7-15(11-16,17-2)8-4-13/h12-13,17H,3-10H2,1-2H3. The average Bonchev–Trinajstić information content (AvgIpc) is 2.47. The Labute approximate surface area is 116 Å². The van der Waals surface area contributed by atoms with Gasteiger partial charge in [0.2, 0.25) is 5.91 Å².